The molecule has 5 rings (SSSR count). The average Bonchev–Trinajstić information content (AvgIpc) is 3.49. The minimum atomic E-state index is -0.491. The van der Waals surface area contributed by atoms with E-state index < -0.39 is 11.2 Å². The maximum Gasteiger partial charge on any atom is 0.332 e. The first-order chi connectivity index (χ1) is 16.8. The lowest BCUT2D eigenvalue weighted by molar-refractivity contribution is -0.119. The van der Waals surface area contributed by atoms with Crippen LogP contribution in [0.3, 0.4) is 0 Å². The first-order valence-electron chi connectivity index (χ1n) is 11.1. The van der Waals surface area contributed by atoms with Crippen LogP contribution >= 0.6 is 11.3 Å². The predicted molar refractivity (Wildman–Crippen MR) is 137 cm³/mol. The van der Waals surface area contributed by atoms with E-state index in [2.05, 4.69) is 11.1 Å². The molecule has 5 aromatic rings. The quantitative estimate of drug-likeness (QED) is 0.379. The smallest absolute Gasteiger partial charge is 0.315 e. The summed E-state index contributed by atoms with van der Waals surface area (Å²) in [5, 5.41) is 0.593. The first kappa shape index (κ1) is 22.7. The molecule has 0 aliphatic rings. The molecule has 0 saturated heterocycles. The highest BCUT2D eigenvalue weighted by molar-refractivity contribution is 7.22. The summed E-state index contributed by atoms with van der Waals surface area (Å²) in [5.74, 6) is -0.238. The third kappa shape index (κ3) is 3.85. The summed E-state index contributed by atoms with van der Waals surface area (Å²) in [6.07, 6.45) is 1.43. The van der Waals surface area contributed by atoms with Crippen molar-refractivity contribution in [2.24, 2.45) is 14.1 Å². The zero-order valence-electron chi connectivity index (χ0n) is 19.8. The Labute approximate surface area is 204 Å². The number of amides is 1. The Hall–Kier alpha value is -4.05. The SMILES string of the molecule is Cc1ccc(C)c2sc(N(Cc3ccccc3)C(=O)Cn3cnc4c3c(=O)n(C)c(=O)n4C)nc12. The van der Waals surface area contributed by atoms with Crippen LogP contribution in [0.2, 0.25) is 0 Å². The van der Waals surface area contributed by atoms with E-state index in [0.29, 0.717) is 11.7 Å². The number of nitrogens with zero attached hydrogens (tertiary/aromatic N) is 6. The molecule has 3 heterocycles. The van der Waals surface area contributed by atoms with Crippen molar-refractivity contribution in [1.82, 2.24) is 23.7 Å². The van der Waals surface area contributed by atoms with Gasteiger partial charge in [-0.2, -0.15) is 0 Å². The average molecular weight is 489 g/mol. The summed E-state index contributed by atoms with van der Waals surface area (Å²) in [5.41, 5.74) is 3.48. The molecule has 178 valence electrons. The number of anilines is 1. The number of aromatic nitrogens is 5. The Morgan fingerprint density at radius 2 is 1.71 bits per heavy atom. The maximum absolute atomic E-state index is 13.7. The van der Waals surface area contributed by atoms with Crippen molar-refractivity contribution in [3.63, 3.8) is 0 Å². The minimum absolute atomic E-state index is 0.120. The molecule has 0 N–H and O–H groups in total. The summed E-state index contributed by atoms with van der Waals surface area (Å²) < 4.78 is 4.87. The van der Waals surface area contributed by atoms with Crippen LogP contribution in [0.25, 0.3) is 21.4 Å². The monoisotopic (exact) mass is 488 g/mol. The van der Waals surface area contributed by atoms with Gasteiger partial charge in [0.2, 0.25) is 5.91 Å². The van der Waals surface area contributed by atoms with Crippen molar-refractivity contribution in [3.8, 4) is 0 Å². The number of benzene rings is 2. The molecule has 35 heavy (non-hydrogen) atoms. The van der Waals surface area contributed by atoms with E-state index in [1.165, 1.54) is 33.8 Å². The van der Waals surface area contributed by atoms with Crippen molar-refractivity contribution >= 4 is 43.8 Å². The fourth-order valence-electron chi connectivity index (χ4n) is 4.14. The fraction of sp³-hybridized carbons (Fsp3) is 0.240. The lowest BCUT2D eigenvalue weighted by Gasteiger charge is -2.20. The summed E-state index contributed by atoms with van der Waals surface area (Å²) in [4.78, 5) is 49.5. The van der Waals surface area contributed by atoms with Gasteiger partial charge in [0, 0.05) is 14.1 Å². The molecule has 1 amide bonds. The van der Waals surface area contributed by atoms with E-state index in [9.17, 15) is 14.4 Å². The van der Waals surface area contributed by atoms with Crippen LogP contribution in [0.4, 0.5) is 5.13 Å². The molecular formula is C25H24N6O3S. The van der Waals surface area contributed by atoms with Crippen molar-refractivity contribution in [1.29, 1.82) is 0 Å². The number of hydrogen-bond acceptors (Lipinski definition) is 6. The van der Waals surface area contributed by atoms with Crippen LogP contribution in [0, 0.1) is 13.8 Å². The molecule has 0 aliphatic carbocycles. The number of carbonyl (C=O) groups excluding carboxylic acids is 1. The molecule has 3 aromatic heterocycles. The lowest BCUT2D eigenvalue weighted by atomic mass is 10.1. The van der Waals surface area contributed by atoms with Crippen molar-refractivity contribution < 1.29 is 4.79 Å². The van der Waals surface area contributed by atoms with E-state index in [1.54, 1.807) is 11.9 Å². The molecule has 0 saturated carbocycles. The molecule has 0 unspecified atom stereocenters. The Balaban J connectivity index is 1.59. The van der Waals surface area contributed by atoms with E-state index >= 15 is 0 Å². The Morgan fingerprint density at radius 3 is 2.43 bits per heavy atom. The molecule has 0 fully saturated rings. The molecule has 9 nitrogen and oxygen atoms in total. The predicted octanol–water partition coefficient (Wildman–Crippen LogP) is 2.89. The van der Waals surface area contributed by atoms with Gasteiger partial charge in [0.1, 0.15) is 6.54 Å². The molecule has 0 radical (unpaired) electrons. The second-order valence-electron chi connectivity index (χ2n) is 8.59. The van der Waals surface area contributed by atoms with Gasteiger partial charge in [-0.1, -0.05) is 53.8 Å². The Bertz CT molecular complexity index is 1670. The van der Waals surface area contributed by atoms with Gasteiger partial charge in [0.05, 0.1) is 23.1 Å². The minimum Gasteiger partial charge on any atom is -0.315 e. The standard InChI is InChI=1S/C25H24N6O3S/c1-15-10-11-16(2)21-19(15)27-24(35-21)31(12-17-8-6-5-7-9-17)18(32)13-30-14-26-22-20(30)23(33)29(4)25(34)28(22)3/h5-11,14H,12-13H2,1-4H3. The topological polar surface area (TPSA) is 95.0 Å². The number of carbonyl (C=O) groups is 1. The number of hydrogen-bond donors (Lipinski definition) is 0. The molecule has 10 heteroatoms. The van der Waals surface area contributed by atoms with Gasteiger partial charge in [-0.3, -0.25) is 23.6 Å². The second-order valence-corrected chi connectivity index (χ2v) is 9.57. The number of aryl methyl sites for hydroxylation is 3. The van der Waals surface area contributed by atoms with Gasteiger partial charge in [-0.15, -0.1) is 0 Å². The van der Waals surface area contributed by atoms with Crippen LogP contribution in [-0.4, -0.2) is 29.6 Å². The largest absolute Gasteiger partial charge is 0.332 e. The van der Waals surface area contributed by atoms with Crippen molar-refractivity contribution in [2.75, 3.05) is 4.90 Å². The second kappa shape index (κ2) is 8.62. The normalized spacial score (nSPS) is 11.4. The lowest BCUT2D eigenvalue weighted by Crippen LogP contribution is -2.38. The zero-order chi connectivity index (χ0) is 24.9. The van der Waals surface area contributed by atoms with Crippen molar-refractivity contribution in [2.45, 2.75) is 26.9 Å². The van der Waals surface area contributed by atoms with Gasteiger partial charge in [-0.05, 0) is 30.5 Å². The number of fused-ring (bicyclic) bond motifs is 2. The highest BCUT2D eigenvalue weighted by Crippen LogP contribution is 2.34. The summed E-state index contributed by atoms with van der Waals surface area (Å²) in [6.45, 7) is 4.25. The van der Waals surface area contributed by atoms with Gasteiger partial charge >= 0.3 is 5.69 Å². The third-order valence-electron chi connectivity index (χ3n) is 6.17. The van der Waals surface area contributed by atoms with E-state index in [0.717, 1.165) is 31.5 Å². The van der Waals surface area contributed by atoms with Gasteiger partial charge in [0.15, 0.2) is 16.3 Å². The third-order valence-corrected chi connectivity index (χ3v) is 7.38. The van der Waals surface area contributed by atoms with Crippen LogP contribution in [0.1, 0.15) is 16.7 Å². The zero-order valence-corrected chi connectivity index (χ0v) is 20.7. The van der Waals surface area contributed by atoms with Crippen LogP contribution in [0.15, 0.2) is 58.4 Å². The Morgan fingerprint density at radius 1 is 1.00 bits per heavy atom. The number of rotatable bonds is 5. The maximum atomic E-state index is 13.7. The van der Waals surface area contributed by atoms with Crippen LogP contribution < -0.4 is 16.1 Å². The highest BCUT2D eigenvalue weighted by Gasteiger charge is 2.23. The molecule has 0 atom stereocenters. The molecule has 2 aromatic carbocycles. The molecular weight excluding hydrogens is 464 g/mol. The number of thiazole rings is 1. The van der Waals surface area contributed by atoms with Crippen LogP contribution in [-0.2, 0) is 32.0 Å². The van der Waals surface area contributed by atoms with Gasteiger partial charge in [0.25, 0.3) is 5.56 Å². The van der Waals surface area contributed by atoms with E-state index in [4.69, 9.17) is 4.98 Å². The number of imidazole rings is 1. The van der Waals surface area contributed by atoms with E-state index in [-0.39, 0.29) is 23.6 Å². The summed E-state index contributed by atoms with van der Waals surface area (Å²) >= 11 is 1.48. The fourth-order valence-corrected chi connectivity index (χ4v) is 5.27. The van der Waals surface area contributed by atoms with Gasteiger partial charge < -0.3 is 4.57 Å². The molecule has 0 bridgehead atoms. The van der Waals surface area contributed by atoms with E-state index in [1.807, 2.05) is 50.2 Å². The highest BCUT2D eigenvalue weighted by atomic mass is 32.1. The molecule has 0 spiro atoms. The van der Waals surface area contributed by atoms with Gasteiger partial charge in [-0.25, -0.2) is 14.8 Å². The Kier molecular flexibility index (Phi) is 5.60. The first-order valence-corrected chi connectivity index (χ1v) is 11.9. The van der Waals surface area contributed by atoms with Crippen molar-refractivity contribution in [3.05, 3.63) is 86.3 Å². The molecule has 0 aliphatic heterocycles. The summed E-state index contributed by atoms with van der Waals surface area (Å²) in [7, 11) is 2.97. The summed E-state index contributed by atoms with van der Waals surface area (Å²) in [6, 6.07) is 13.8. The van der Waals surface area contributed by atoms with Crippen LogP contribution in [0.5, 0.6) is 0 Å².